The third-order valence-corrected chi connectivity index (χ3v) is 7.37. The van der Waals surface area contributed by atoms with E-state index < -0.39 is 6.04 Å². The molecule has 1 aromatic heterocycles. The lowest BCUT2D eigenvalue weighted by atomic mass is 10.1. The first-order valence-corrected chi connectivity index (χ1v) is 10.6. The van der Waals surface area contributed by atoms with E-state index in [1.165, 1.54) is 22.5 Å². The molecule has 0 bridgehead atoms. The maximum atomic E-state index is 12.8. The lowest BCUT2D eigenvalue weighted by molar-refractivity contribution is -0.136. The van der Waals surface area contributed by atoms with Crippen LogP contribution in [0.5, 0.6) is 0 Å². The molecular weight excluding hydrogens is 366 g/mol. The molecule has 0 N–H and O–H groups in total. The Morgan fingerprint density at radius 3 is 2.88 bits per heavy atom. The molecule has 1 aromatic carbocycles. The molecule has 2 unspecified atom stereocenters. The van der Waals surface area contributed by atoms with Crippen molar-refractivity contribution < 1.29 is 9.59 Å². The number of aryl methyl sites for hydroxylation is 1. The van der Waals surface area contributed by atoms with E-state index in [0.717, 1.165) is 6.42 Å². The normalized spacial score (nSPS) is 25.8. The maximum absolute atomic E-state index is 12.8. The van der Waals surface area contributed by atoms with Gasteiger partial charge < -0.3 is 9.47 Å². The lowest BCUT2D eigenvalue weighted by Crippen LogP contribution is -2.46. The second kappa shape index (κ2) is 6.70. The number of carbonyl (C=O) groups excluding carboxylic acids is 2. The van der Waals surface area contributed by atoms with Crippen LogP contribution in [0.1, 0.15) is 30.9 Å². The van der Waals surface area contributed by atoms with Crippen LogP contribution in [-0.4, -0.2) is 37.9 Å². The summed E-state index contributed by atoms with van der Waals surface area (Å²) < 4.78 is 1.99. The summed E-state index contributed by atoms with van der Waals surface area (Å²) in [7, 11) is 0. The number of hydrogen-bond donors (Lipinski definition) is 0. The van der Waals surface area contributed by atoms with Gasteiger partial charge in [0.2, 0.25) is 5.91 Å². The van der Waals surface area contributed by atoms with Gasteiger partial charge in [-0.1, -0.05) is 29.8 Å². The first kappa shape index (κ1) is 17.5. The summed E-state index contributed by atoms with van der Waals surface area (Å²) in [5, 5.41) is 1.94. The Kier molecular flexibility index (Phi) is 4.52. The molecule has 0 aliphatic carbocycles. The first-order valence-electron chi connectivity index (χ1n) is 8.70. The van der Waals surface area contributed by atoms with Crippen molar-refractivity contribution in [2.45, 2.75) is 44.1 Å². The van der Waals surface area contributed by atoms with E-state index in [1.807, 2.05) is 16.1 Å². The van der Waals surface area contributed by atoms with Crippen LogP contribution in [0, 0.1) is 6.92 Å². The van der Waals surface area contributed by atoms with Gasteiger partial charge in [0.05, 0.1) is 4.87 Å². The Balaban J connectivity index is 1.57. The molecule has 0 spiro atoms. The zero-order valence-electron chi connectivity index (χ0n) is 14.8. The summed E-state index contributed by atoms with van der Waals surface area (Å²) in [4.78, 5) is 31.6. The molecule has 2 fully saturated rings. The van der Waals surface area contributed by atoms with Crippen molar-refractivity contribution in [1.29, 1.82) is 0 Å². The molecule has 2 aliphatic heterocycles. The fraction of sp³-hybridized carbons (Fsp3) is 0.421. The number of thioether (sulfide) groups is 1. The summed E-state index contributed by atoms with van der Waals surface area (Å²) >= 11 is 3.15. The molecule has 136 valence electrons. The lowest BCUT2D eigenvalue weighted by Gasteiger charge is -2.28. The van der Waals surface area contributed by atoms with E-state index in [2.05, 4.69) is 43.1 Å². The number of fused-ring (bicyclic) bond motifs is 1. The zero-order valence-corrected chi connectivity index (χ0v) is 16.5. The van der Waals surface area contributed by atoms with E-state index in [9.17, 15) is 9.59 Å². The summed E-state index contributed by atoms with van der Waals surface area (Å²) in [6, 6.07) is 7.91. The largest absolute Gasteiger partial charge is 0.319 e. The van der Waals surface area contributed by atoms with Crippen molar-refractivity contribution in [3.8, 4) is 0 Å². The Morgan fingerprint density at radius 2 is 2.12 bits per heavy atom. The van der Waals surface area contributed by atoms with Gasteiger partial charge in [0, 0.05) is 30.3 Å². The maximum Gasteiger partial charge on any atom is 0.272 e. The third kappa shape index (κ3) is 3.14. The molecule has 3 heterocycles. The second-order valence-corrected chi connectivity index (χ2v) is 9.39. The van der Waals surface area contributed by atoms with Gasteiger partial charge in [-0.15, -0.1) is 23.1 Å². The Bertz CT molecular complexity index is 915. The molecule has 5 nitrogen and oxygen atoms in total. The number of aromatic nitrogens is 1. The highest BCUT2D eigenvalue weighted by Gasteiger charge is 2.52. The van der Waals surface area contributed by atoms with Crippen LogP contribution in [0.25, 0.3) is 0 Å². The topological polar surface area (TPSA) is 54.7 Å². The highest BCUT2D eigenvalue weighted by atomic mass is 32.2. The number of benzene rings is 1. The van der Waals surface area contributed by atoms with E-state index in [4.69, 9.17) is 0 Å². The molecule has 2 aliphatic rings. The number of amides is 2. The monoisotopic (exact) mass is 387 g/mol. The van der Waals surface area contributed by atoms with Crippen LogP contribution in [-0.2, 0) is 16.1 Å². The molecule has 7 heteroatoms. The summed E-state index contributed by atoms with van der Waals surface area (Å²) in [6.07, 6.45) is 3.29. The SMILES string of the molecule is Cc1ccc(Cn2ccsc2=NC(=O)C2CSC3(C)CCC(=O)N23)cc1. The minimum Gasteiger partial charge on any atom is -0.319 e. The Morgan fingerprint density at radius 1 is 1.35 bits per heavy atom. The van der Waals surface area contributed by atoms with Gasteiger partial charge in [0.25, 0.3) is 5.91 Å². The molecule has 0 saturated carbocycles. The first-order chi connectivity index (χ1) is 12.5. The van der Waals surface area contributed by atoms with Crippen LogP contribution in [0.2, 0.25) is 0 Å². The van der Waals surface area contributed by atoms with Crippen molar-refractivity contribution in [3.63, 3.8) is 0 Å². The van der Waals surface area contributed by atoms with Crippen LogP contribution in [0.15, 0.2) is 40.8 Å². The third-order valence-electron chi connectivity index (χ3n) is 5.07. The zero-order chi connectivity index (χ0) is 18.3. The van der Waals surface area contributed by atoms with Crippen molar-refractivity contribution in [2.24, 2.45) is 4.99 Å². The standard InChI is InChI=1S/C19H21N3O2S2/c1-13-3-5-14(6-4-13)11-21-9-10-25-18(21)20-17(24)15-12-26-19(2)8-7-16(23)22(15)19/h3-6,9-10,15H,7-8,11-12H2,1-2H3. The highest BCUT2D eigenvalue weighted by molar-refractivity contribution is 8.01. The molecule has 2 aromatic rings. The van der Waals surface area contributed by atoms with E-state index in [0.29, 0.717) is 23.5 Å². The quantitative estimate of drug-likeness (QED) is 0.814. The van der Waals surface area contributed by atoms with Crippen LogP contribution in [0.3, 0.4) is 0 Å². The molecular formula is C19H21N3O2S2. The molecule has 2 atom stereocenters. The average Bonchev–Trinajstić information content (AvgIpc) is 3.26. The average molecular weight is 388 g/mol. The molecule has 2 saturated heterocycles. The number of carbonyl (C=O) groups is 2. The van der Waals surface area contributed by atoms with Crippen molar-refractivity contribution in [3.05, 3.63) is 51.8 Å². The summed E-state index contributed by atoms with van der Waals surface area (Å²) in [6.45, 7) is 4.79. The number of rotatable bonds is 3. The van der Waals surface area contributed by atoms with E-state index >= 15 is 0 Å². The van der Waals surface area contributed by atoms with Crippen LogP contribution in [0.4, 0.5) is 0 Å². The molecule has 0 radical (unpaired) electrons. The fourth-order valence-electron chi connectivity index (χ4n) is 3.57. The van der Waals surface area contributed by atoms with Crippen molar-refractivity contribution in [2.75, 3.05) is 5.75 Å². The summed E-state index contributed by atoms with van der Waals surface area (Å²) in [5.41, 5.74) is 2.39. The number of nitrogens with zero attached hydrogens (tertiary/aromatic N) is 3. The molecule has 26 heavy (non-hydrogen) atoms. The summed E-state index contributed by atoms with van der Waals surface area (Å²) in [5.74, 6) is 0.495. The van der Waals surface area contributed by atoms with Gasteiger partial charge in [-0.2, -0.15) is 4.99 Å². The highest BCUT2D eigenvalue weighted by Crippen LogP contribution is 2.47. The van der Waals surface area contributed by atoms with E-state index in [-0.39, 0.29) is 16.7 Å². The number of thiazole rings is 1. The van der Waals surface area contributed by atoms with E-state index in [1.54, 1.807) is 16.7 Å². The van der Waals surface area contributed by atoms with Gasteiger partial charge in [-0.05, 0) is 25.8 Å². The molecule has 2 amide bonds. The van der Waals surface area contributed by atoms with Gasteiger partial charge in [0.1, 0.15) is 6.04 Å². The Labute approximate surface area is 160 Å². The minimum absolute atomic E-state index is 0.0739. The number of hydrogen-bond acceptors (Lipinski definition) is 4. The van der Waals surface area contributed by atoms with Gasteiger partial charge in [0.15, 0.2) is 4.80 Å². The van der Waals surface area contributed by atoms with Gasteiger partial charge in [-0.25, -0.2) is 0 Å². The van der Waals surface area contributed by atoms with Gasteiger partial charge >= 0.3 is 0 Å². The predicted molar refractivity (Wildman–Crippen MR) is 104 cm³/mol. The van der Waals surface area contributed by atoms with Crippen LogP contribution >= 0.6 is 23.1 Å². The predicted octanol–water partition coefficient (Wildman–Crippen LogP) is 2.79. The second-order valence-electron chi connectivity index (χ2n) is 7.01. The fourth-order valence-corrected chi connectivity index (χ4v) is 5.73. The minimum atomic E-state index is -0.435. The van der Waals surface area contributed by atoms with Gasteiger partial charge in [-0.3, -0.25) is 9.59 Å². The smallest absolute Gasteiger partial charge is 0.272 e. The van der Waals surface area contributed by atoms with Crippen LogP contribution < -0.4 is 4.80 Å². The Hall–Kier alpha value is -1.86. The molecule has 4 rings (SSSR count). The van der Waals surface area contributed by atoms with Crippen molar-refractivity contribution >= 4 is 34.9 Å². The van der Waals surface area contributed by atoms with Crippen molar-refractivity contribution in [1.82, 2.24) is 9.47 Å².